The van der Waals surface area contributed by atoms with Gasteiger partial charge in [-0.1, -0.05) is 38.5 Å². The zero-order chi connectivity index (χ0) is 29.7. The molecule has 5 rings (SSSR count). The summed E-state index contributed by atoms with van der Waals surface area (Å²) in [5.41, 5.74) is -1.10. The summed E-state index contributed by atoms with van der Waals surface area (Å²) in [5, 5.41) is 16.5. The SMILES string of the molecule is CC1(C)CC(NC2CCCCC2)(c2nc(Cl)nc(C3(NC4CCCCC4)CC(C)(C)NC(C)(C)C3)n2)CC(C)(C)N1. The van der Waals surface area contributed by atoms with Gasteiger partial charge in [0.05, 0.1) is 11.1 Å². The molecule has 0 unspecified atom stereocenters. The van der Waals surface area contributed by atoms with Gasteiger partial charge in [0.1, 0.15) is 0 Å². The molecule has 2 aliphatic heterocycles. The molecule has 4 N–H and O–H groups in total. The molecule has 0 atom stereocenters. The van der Waals surface area contributed by atoms with E-state index in [0.717, 1.165) is 37.3 Å². The van der Waals surface area contributed by atoms with Crippen molar-refractivity contribution in [2.45, 2.75) is 191 Å². The first-order valence-electron chi connectivity index (χ1n) is 16.6. The number of hydrogen-bond acceptors (Lipinski definition) is 7. The second-order valence-electron chi connectivity index (χ2n) is 16.9. The van der Waals surface area contributed by atoms with E-state index in [1.54, 1.807) is 0 Å². The average molecular weight is 588 g/mol. The zero-order valence-electron chi connectivity index (χ0n) is 27.3. The van der Waals surface area contributed by atoms with Crippen molar-refractivity contribution in [3.63, 3.8) is 0 Å². The lowest BCUT2D eigenvalue weighted by atomic mass is 9.68. The van der Waals surface area contributed by atoms with E-state index >= 15 is 0 Å². The monoisotopic (exact) mass is 587 g/mol. The first kappa shape index (κ1) is 31.6. The lowest BCUT2D eigenvalue weighted by Gasteiger charge is -2.55. The summed E-state index contributed by atoms with van der Waals surface area (Å²) < 4.78 is 0. The Kier molecular flexibility index (Phi) is 8.66. The van der Waals surface area contributed by atoms with E-state index in [2.05, 4.69) is 76.7 Å². The predicted octanol–water partition coefficient (Wildman–Crippen LogP) is 6.64. The van der Waals surface area contributed by atoms with Crippen molar-refractivity contribution >= 4 is 11.6 Å². The Balaban J connectivity index is 1.63. The summed E-state index contributed by atoms with van der Waals surface area (Å²) in [6.45, 7) is 18.5. The van der Waals surface area contributed by atoms with Crippen molar-refractivity contribution in [2.24, 2.45) is 0 Å². The van der Waals surface area contributed by atoms with Gasteiger partial charge in [0.2, 0.25) is 5.28 Å². The Labute approximate surface area is 255 Å². The van der Waals surface area contributed by atoms with Gasteiger partial charge in [-0.2, -0.15) is 0 Å². The number of piperidine rings is 2. The van der Waals surface area contributed by atoms with Crippen molar-refractivity contribution in [1.82, 2.24) is 36.2 Å². The molecule has 2 aliphatic carbocycles. The quantitative estimate of drug-likeness (QED) is 0.297. The summed E-state index contributed by atoms with van der Waals surface area (Å²) in [5.74, 6) is 1.67. The molecule has 2 saturated heterocycles. The highest BCUT2D eigenvalue weighted by Crippen LogP contribution is 2.46. The summed E-state index contributed by atoms with van der Waals surface area (Å²) in [4.78, 5) is 15.5. The van der Waals surface area contributed by atoms with Gasteiger partial charge in [0, 0.05) is 34.2 Å². The second-order valence-corrected chi connectivity index (χ2v) is 17.2. The normalized spacial score (nSPS) is 29.2. The van der Waals surface area contributed by atoms with Crippen molar-refractivity contribution in [1.29, 1.82) is 0 Å². The van der Waals surface area contributed by atoms with Crippen LogP contribution in [0.25, 0.3) is 0 Å². The van der Waals surface area contributed by atoms with Gasteiger partial charge in [-0.05, 0) is 118 Å². The topological polar surface area (TPSA) is 86.8 Å². The minimum Gasteiger partial charge on any atom is -0.307 e. The first-order chi connectivity index (χ1) is 19.0. The van der Waals surface area contributed by atoms with Crippen LogP contribution >= 0.6 is 11.6 Å². The molecule has 0 aromatic carbocycles. The minimum absolute atomic E-state index is 0.0839. The summed E-state index contributed by atoms with van der Waals surface area (Å²) in [6.07, 6.45) is 16.3. The number of aromatic nitrogens is 3. The smallest absolute Gasteiger partial charge is 0.226 e. The highest BCUT2D eigenvalue weighted by Gasteiger charge is 2.54. The van der Waals surface area contributed by atoms with Gasteiger partial charge < -0.3 is 21.3 Å². The molecule has 1 aromatic rings. The molecular formula is C33H58ClN7. The molecule has 41 heavy (non-hydrogen) atoms. The Morgan fingerprint density at radius 3 is 1.17 bits per heavy atom. The van der Waals surface area contributed by atoms with Crippen LogP contribution in [0.15, 0.2) is 0 Å². The third kappa shape index (κ3) is 7.45. The van der Waals surface area contributed by atoms with Crippen LogP contribution in [0, 0.1) is 0 Å². The van der Waals surface area contributed by atoms with E-state index in [1.165, 1.54) is 64.2 Å². The summed E-state index contributed by atoms with van der Waals surface area (Å²) in [7, 11) is 0. The van der Waals surface area contributed by atoms with Gasteiger partial charge in [-0.25, -0.2) is 15.0 Å². The Hall–Kier alpha value is -0.860. The van der Waals surface area contributed by atoms with Gasteiger partial charge in [-0.15, -0.1) is 0 Å². The Morgan fingerprint density at radius 2 is 0.854 bits per heavy atom. The maximum atomic E-state index is 6.93. The van der Waals surface area contributed by atoms with Crippen LogP contribution in [0.3, 0.4) is 0 Å². The maximum Gasteiger partial charge on any atom is 0.226 e. The number of nitrogens with one attached hydrogen (secondary N) is 4. The highest BCUT2D eigenvalue weighted by atomic mass is 35.5. The molecule has 0 bridgehead atoms. The van der Waals surface area contributed by atoms with Crippen LogP contribution in [0.4, 0.5) is 0 Å². The molecule has 1 aromatic heterocycles. The lowest BCUT2D eigenvalue weighted by Crippen LogP contribution is -2.68. The fraction of sp³-hybridized carbons (Fsp3) is 0.909. The Morgan fingerprint density at radius 1 is 0.537 bits per heavy atom. The largest absolute Gasteiger partial charge is 0.307 e. The molecule has 0 radical (unpaired) electrons. The molecular weight excluding hydrogens is 530 g/mol. The molecule has 7 nitrogen and oxygen atoms in total. The van der Waals surface area contributed by atoms with E-state index in [-0.39, 0.29) is 33.2 Å². The molecule has 2 saturated carbocycles. The summed E-state index contributed by atoms with van der Waals surface area (Å²) in [6, 6.07) is 0.942. The van der Waals surface area contributed by atoms with Crippen LogP contribution in [0.2, 0.25) is 5.28 Å². The second kappa shape index (κ2) is 11.3. The fourth-order valence-corrected chi connectivity index (χ4v) is 10.0. The number of nitrogens with zero attached hydrogens (tertiary/aromatic N) is 3. The Bertz CT molecular complexity index is 957. The van der Waals surface area contributed by atoms with Crippen molar-refractivity contribution in [3.05, 3.63) is 16.9 Å². The number of hydrogen-bond donors (Lipinski definition) is 4. The van der Waals surface area contributed by atoms with Crippen LogP contribution in [0.1, 0.15) is 157 Å². The van der Waals surface area contributed by atoms with E-state index < -0.39 is 0 Å². The number of halogens is 1. The molecule has 4 fully saturated rings. The first-order valence-corrected chi connectivity index (χ1v) is 16.9. The van der Waals surface area contributed by atoms with E-state index in [4.69, 9.17) is 26.6 Å². The maximum absolute atomic E-state index is 6.93. The molecule has 0 spiro atoms. The van der Waals surface area contributed by atoms with Crippen LogP contribution in [0.5, 0.6) is 0 Å². The molecule has 232 valence electrons. The van der Waals surface area contributed by atoms with E-state index in [9.17, 15) is 0 Å². The van der Waals surface area contributed by atoms with Crippen molar-refractivity contribution in [3.8, 4) is 0 Å². The van der Waals surface area contributed by atoms with Crippen LogP contribution < -0.4 is 21.3 Å². The van der Waals surface area contributed by atoms with Crippen LogP contribution in [-0.4, -0.2) is 49.2 Å². The molecule has 3 heterocycles. The molecule has 0 amide bonds. The van der Waals surface area contributed by atoms with E-state index in [0.29, 0.717) is 17.4 Å². The van der Waals surface area contributed by atoms with E-state index in [1.807, 2.05) is 0 Å². The van der Waals surface area contributed by atoms with Crippen LogP contribution in [-0.2, 0) is 11.1 Å². The standard InChI is InChI=1S/C33H58ClN7/c1-28(2)19-32(20-29(3,4)40-28,38-23-15-11-9-12-16-23)25-35-26(37-27(34)36-25)33(39-24-17-13-10-14-18-24)21-30(5,6)41-31(7,8)22-33/h23-24,38-41H,9-22H2,1-8H3. The minimum atomic E-state index is -0.383. The summed E-state index contributed by atoms with van der Waals surface area (Å²) >= 11 is 6.93. The number of rotatable bonds is 6. The molecule has 4 aliphatic rings. The highest BCUT2D eigenvalue weighted by molar-refractivity contribution is 6.28. The fourth-order valence-electron chi connectivity index (χ4n) is 9.85. The van der Waals surface area contributed by atoms with Gasteiger partial charge >= 0.3 is 0 Å². The third-order valence-corrected chi connectivity index (χ3v) is 10.1. The third-order valence-electron chi connectivity index (χ3n) is 9.96. The van der Waals surface area contributed by atoms with Gasteiger partial charge in [0.25, 0.3) is 0 Å². The van der Waals surface area contributed by atoms with Crippen molar-refractivity contribution < 1.29 is 0 Å². The predicted molar refractivity (Wildman–Crippen MR) is 169 cm³/mol. The molecule has 8 heteroatoms. The lowest BCUT2D eigenvalue weighted by molar-refractivity contribution is 0.0508. The van der Waals surface area contributed by atoms with Gasteiger partial charge in [0.15, 0.2) is 11.6 Å². The van der Waals surface area contributed by atoms with Crippen molar-refractivity contribution in [2.75, 3.05) is 0 Å². The average Bonchev–Trinajstić information content (AvgIpc) is 2.81. The van der Waals surface area contributed by atoms with Gasteiger partial charge in [-0.3, -0.25) is 0 Å². The zero-order valence-corrected chi connectivity index (χ0v) is 28.0.